The van der Waals surface area contributed by atoms with Gasteiger partial charge in [-0.05, 0) is 89.9 Å². The van der Waals surface area contributed by atoms with Gasteiger partial charge in [-0.2, -0.15) is 0 Å². The topological polar surface area (TPSA) is 78.9 Å². The first-order valence-electron chi connectivity index (χ1n) is 21.4. The zero-order valence-corrected chi connectivity index (χ0v) is 35.5. The molecule has 0 N–H and O–H groups in total. The molecule has 0 heterocycles. The van der Waals surface area contributed by atoms with Crippen molar-refractivity contribution in [3.8, 4) is 0 Å². The van der Waals surface area contributed by atoms with Crippen molar-refractivity contribution < 1.29 is 28.6 Å². The van der Waals surface area contributed by atoms with Crippen molar-refractivity contribution in [1.29, 1.82) is 0 Å². The second-order valence-corrected chi connectivity index (χ2v) is 13.3. The number of ether oxygens (including phenoxy) is 3. The highest BCUT2D eigenvalue weighted by atomic mass is 16.6. The Bertz CT molecular complexity index is 1360. The Balaban J connectivity index is 4.63. The Morgan fingerprint density at radius 3 is 1.21 bits per heavy atom. The highest BCUT2D eigenvalue weighted by Gasteiger charge is 2.19. The van der Waals surface area contributed by atoms with Crippen molar-refractivity contribution in [1.82, 2.24) is 0 Å². The van der Waals surface area contributed by atoms with Crippen LogP contribution in [0.5, 0.6) is 0 Å². The van der Waals surface area contributed by atoms with E-state index in [4.69, 9.17) is 14.2 Å². The first-order chi connectivity index (χ1) is 28.0. The summed E-state index contributed by atoms with van der Waals surface area (Å²) in [5.74, 6) is -1.12. The summed E-state index contributed by atoms with van der Waals surface area (Å²) in [7, 11) is 0. The molecule has 6 nitrogen and oxygen atoms in total. The van der Waals surface area contributed by atoms with Crippen LogP contribution in [0.15, 0.2) is 146 Å². The lowest BCUT2D eigenvalue weighted by atomic mass is 10.1. The van der Waals surface area contributed by atoms with Gasteiger partial charge in [0.25, 0.3) is 0 Å². The van der Waals surface area contributed by atoms with Gasteiger partial charge in [-0.15, -0.1) is 0 Å². The number of hydrogen-bond acceptors (Lipinski definition) is 6. The number of allylic oxidation sites excluding steroid dienone is 24. The maximum atomic E-state index is 12.7. The van der Waals surface area contributed by atoms with E-state index in [9.17, 15) is 14.4 Å². The average molecular weight is 783 g/mol. The van der Waals surface area contributed by atoms with Crippen LogP contribution in [0.1, 0.15) is 136 Å². The number of unbranched alkanes of at least 4 members (excludes halogenated alkanes) is 5. The minimum Gasteiger partial charge on any atom is -0.462 e. The Morgan fingerprint density at radius 2 is 0.737 bits per heavy atom. The first kappa shape index (κ1) is 52.3. The Labute approximate surface area is 347 Å². The van der Waals surface area contributed by atoms with Gasteiger partial charge in [-0.3, -0.25) is 14.4 Å². The van der Waals surface area contributed by atoms with Crippen LogP contribution >= 0.6 is 0 Å². The molecule has 0 amide bonds. The van der Waals surface area contributed by atoms with E-state index < -0.39 is 12.1 Å². The predicted octanol–water partition coefficient (Wildman–Crippen LogP) is 13.7. The van der Waals surface area contributed by atoms with Crippen molar-refractivity contribution in [2.45, 2.75) is 142 Å². The molecule has 0 bridgehead atoms. The van der Waals surface area contributed by atoms with E-state index in [1.165, 1.54) is 0 Å². The summed E-state index contributed by atoms with van der Waals surface area (Å²) in [6, 6.07) is 0. The van der Waals surface area contributed by atoms with Crippen LogP contribution in [-0.2, 0) is 28.6 Å². The third-order valence-electron chi connectivity index (χ3n) is 7.98. The van der Waals surface area contributed by atoms with Crippen LogP contribution in [0.2, 0.25) is 0 Å². The molecule has 1 atom stereocenters. The predicted molar refractivity (Wildman–Crippen MR) is 242 cm³/mol. The lowest BCUT2D eigenvalue weighted by Gasteiger charge is -2.18. The summed E-state index contributed by atoms with van der Waals surface area (Å²) >= 11 is 0. The number of esters is 3. The number of carbonyl (C=O) groups excluding carboxylic acids is 3. The fourth-order valence-corrected chi connectivity index (χ4v) is 4.87. The maximum absolute atomic E-state index is 12.7. The molecular weight excluding hydrogens is 709 g/mol. The van der Waals surface area contributed by atoms with E-state index in [1.54, 1.807) is 0 Å². The number of carbonyl (C=O) groups is 3. The number of rotatable bonds is 35. The van der Waals surface area contributed by atoms with Gasteiger partial charge in [-0.25, -0.2) is 0 Å². The van der Waals surface area contributed by atoms with Crippen LogP contribution in [-0.4, -0.2) is 37.2 Å². The quantitative estimate of drug-likeness (QED) is 0.0209. The molecule has 0 aromatic rings. The zero-order valence-electron chi connectivity index (χ0n) is 35.5. The molecule has 57 heavy (non-hydrogen) atoms. The van der Waals surface area contributed by atoms with Gasteiger partial charge in [0.2, 0.25) is 0 Å². The second-order valence-electron chi connectivity index (χ2n) is 13.3. The summed E-state index contributed by atoms with van der Waals surface area (Å²) in [4.78, 5) is 37.6. The molecule has 0 saturated heterocycles. The molecular formula is C51H74O6. The van der Waals surface area contributed by atoms with Gasteiger partial charge >= 0.3 is 17.9 Å². The highest BCUT2D eigenvalue weighted by molar-refractivity contribution is 5.71. The zero-order chi connectivity index (χ0) is 41.5. The fourth-order valence-electron chi connectivity index (χ4n) is 4.87. The lowest BCUT2D eigenvalue weighted by molar-refractivity contribution is -0.167. The van der Waals surface area contributed by atoms with E-state index in [1.807, 2.05) is 60.8 Å². The molecule has 0 aliphatic heterocycles. The van der Waals surface area contributed by atoms with Crippen LogP contribution in [0, 0.1) is 0 Å². The van der Waals surface area contributed by atoms with Crippen LogP contribution in [0.3, 0.4) is 0 Å². The van der Waals surface area contributed by atoms with Gasteiger partial charge in [0.1, 0.15) is 13.2 Å². The molecule has 0 saturated carbocycles. The molecule has 0 rings (SSSR count). The molecule has 0 aromatic carbocycles. The van der Waals surface area contributed by atoms with Crippen molar-refractivity contribution in [2.75, 3.05) is 13.2 Å². The van der Waals surface area contributed by atoms with E-state index in [0.717, 1.165) is 77.0 Å². The van der Waals surface area contributed by atoms with E-state index in [2.05, 4.69) is 106 Å². The van der Waals surface area contributed by atoms with Crippen LogP contribution < -0.4 is 0 Å². The SMILES string of the molecule is CC\C=C/C=C\C=C/C=C\C=C\C=C/CCCCCC(=O)OCC(COC(=O)CCC/C=C\C/C=C\C/C=C\CC)OC(=O)CCC/C=C\C/C=C\C/C=C\CC. The first-order valence-corrected chi connectivity index (χ1v) is 21.4. The summed E-state index contributed by atoms with van der Waals surface area (Å²) in [5.41, 5.74) is 0. The highest BCUT2D eigenvalue weighted by Crippen LogP contribution is 2.09. The van der Waals surface area contributed by atoms with E-state index in [-0.39, 0.29) is 44.4 Å². The molecule has 0 fully saturated rings. The lowest BCUT2D eigenvalue weighted by Crippen LogP contribution is -2.30. The summed E-state index contributed by atoms with van der Waals surface area (Å²) in [6.07, 6.45) is 62.8. The van der Waals surface area contributed by atoms with Gasteiger partial charge in [0.05, 0.1) is 0 Å². The minimum atomic E-state index is -0.847. The average Bonchev–Trinajstić information content (AvgIpc) is 3.21. The largest absolute Gasteiger partial charge is 0.462 e. The Morgan fingerprint density at radius 1 is 0.368 bits per heavy atom. The molecule has 0 aromatic heterocycles. The Kier molecular flexibility index (Phi) is 40.4. The summed E-state index contributed by atoms with van der Waals surface area (Å²) in [5, 5.41) is 0. The molecule has 0 radical (unpaired) electrons. The molecule has 6 heteroatoms. The minimum absolute atomic E-state index is 0.145. The normalized spacial score (nSPS) is 13.5. The second kappa shape index (κ2) is 44.0. The maximum Gasteiger partial charge on any atom is 0.306 e. The monoisotopic (exact) mass is 783 g/mol. The smallest absolute Gasteiger partial charge is 0.306 e. The summed E-state index contributed by atoms with van der Waals surface area (Å²) < 4.78 is 16.5. The molecule has 1 unspecified atom stereocenters. The van der Waals surface area contributed by atoms with Crippen molar-refractivity contribution >= 4 is 17.9 Å². The van der Waals surface area contributed by atoms with Crippen molar-refractivity contribution in [2.24, 2.45) is 0 Å². The van der Waals surface area contributed by atoms with Gasteiger partial charge in [-0.1, -0.05) is 173 Å². The standard InChI is InChI=1S/C51H74O6/c1-4-7-10-13-16-19-22-23-24-25-26-27-30-32-35-38-41-44-50(53)56-47-48(57-51(54)45-42-39-36-33-29-21-18-15-12-9-6-3)46-55-49(52)43-40-37-34-31-28-20-17-14-11-8-5-2/h7-13,16-27,30-31,33-34,36,48H,4-6,14-15,28-29,32,35,37-47H2,1-3H3/b10-7-,11-8-,12-9-,16-13-,20-17-,21-18-,22-19-,24-23-,26-25+,30-27-,34-31-,36-33-. The van der Waals surface area contributed by atoms with Gasteiger partial charge in [0, 0.05) is 19.3 Å². The van der Waals surface area contributed by atoms with Crippen LogP contribution in [0.25, 0.3) is 0 Å². The molecule has 0 aliphatic carbocycles. The summed E-state index contributed by atoms with van der Waals surface area (Å²) in [6.45, 7) is 6.06. The van der Waals surface area contributed by atoms with Gasteiger partial charge in [0.15, 0.2) is 6.10 Å². The van der Waals surface area contributed by atoms with Crippen molar-refractivity contribution in [3.05, 3.63) is 146 Å². The molecule has 314 valence electrons. The third kappa shape index (κ3) is 42.3. The molecule has 0 aliphatic rings. The van der Waals surface area contributed by atoms with Crippen molar-refractivity contribution in [3.63, 3.8) is 0 Å². The third-order valence-corrected chi connectivity index (χ3v) is 7.98. The van der Waals surface area contributed by atoms with E-state index >= 15 is 0 Å². The fraction of sp³-hybridized carbons (Fsp3) is 0.471. The Hall–Kier alpha value is -4.71. The molecule has 0 spiro atoms. The number of hydrogen-bond donors (Lipinski definition) is 0. The van der Waals surface area contributed by atoms with Gasteiger partial charge < -0.3 is 14.2 Å². The van der Waals surface area contributed by atoms with Crippen LogP contribution in [0.4, 0.5) is 0 Å². The van der Waals surface area contributed by atoms with E-state index in [0.29, 0.717) is 19.3 Å².